The number of hydrogen-bond donors (Lipinski definition) is 2. The average molecular weight is 276 g/mol. The molecule has 0 radical (unpaired) electrons. The third kappa shape index (κ3) is 2.39. The number of aromatic nitrogens is 2. The molecule has 3 rings (SSSR count). The number of nitrogen functional groups attached to an aromatic ring is 1. The van der Waals surface area contributed by atoms with Crippen LogP contribution < -0.4 is 11.1 Å². The Morgan fingerprint density at radius 1 is 1.37 bits per heavy atom. The van der Waals surface area contributed by atoms with E-state index in [1.54, 1.807) is 11.3 Å². The van der Waals surface area contributed by atoms with Gasteiger partial charge in [0.05, 0.1) is 5.39 Å². The molecule has 0 amide bonds. The number of thiophene rings is 1. The summed E-state index contributed by atoms with van der Waals surface area (Å²) in [6.07, 6.45) is 5.07. The fourth-order valence-electron chi connectivity index (χ4n) is 2.91. The normalized spacial score (nSPS) is 22.5. The fourth-order valence-corrected chi connectivity index (χ4v) is 3.68. The van der Waals surface area contributed by atoms with Crippen LogP contribution in [0.3, 0.4) is 0 Å². The SMILES string of the molecule is CC1(C)CCCCC1Nc1nc(N)nc2sccc12. The lowest BCUT2D eigenvalue weighted by Crippen LogP contribution is -2.39. The monoisotopic (exact) mass is 276 g/mol. The zero-order chi connectivity index (χ0) is 13.5. The molecule has 0 saturated heterocycles. The average Bonchev–Trinajstić information content (AvgIpc) is 2.79. The first kappa shape index (κ1) is 12.7. The Balaban J connectivity index is 1.94. The molecule has 5 heteroatoms. The molecule has 4 nitrogen and oxygen atoms in total. The highest BCUT2D eigenvalue weighted by Gasteiger charge is 2.32. The van der Waals surface area contributed by atoms with Gasteiger partial charge in [-0.2, -0.15) is 4.98 Å². The summed E-state index contributed by atoms with van der Waals surface area (Å²) in [7, 11) is 0. The number of anilines is 2. The van der Waals surface area contributed by atoms with Gasteiger partial charge in [0.2, 0.25) is 5.95 Å². The van der Waals surface area contributed by atoms with E-state index in [-0.39, 0.29) is 0 Å². The Hall–Kier alpha value is -1.36. The second-order valence-corrected chi connectivity index (χ2v) is 6.90. The summed E-state index contributed by atoms with van der Waals surface area (Å²) in [6.45, 7) is 4.67. The van der Waals surface area contributed by atoms with Crippen molar-refractivity contribution >= 4 is 33.3 Å². The molecule has 0 spiro atoms. The first-order chi connectivity index (χ1) is 9.06. The van der Waals surface area contributed by atoms with Crippen molar-refractivity contribution in [3.63, 3.8) is 0 Å². The molecule has 0 aliphatic heterocycles. The first-order valence-electron chi connectivity index (χ1n) is 6.83. The summed E-state index contributed by atoms with van der Waals surface area (Å²) in [5.41, 5.74) is 6.11. The highest BCUT2D eigenvalue weighted by molar-refractivity contribution is 7.16. The maximum Gasteiger partial charge on any atom is 0.223 e. The van der Waals surface area contributed by atoms with Crippen LogP contribution in [-0.2, 0) is 0 Å². The van der Waals surface area contributed by atoms with Crippen molar-refractivity contribution in [2.75, 3.05) is 11.1 Å². The van der Waals surface area contributed by atoms with Crippen molar-refractivity contribution < 1.29 is 0 Å². The van der Waals surface area contributed by atoms with Gasteiger partial charge in [0, 0.05) is 6.04 Å². The minimum absolute atomic E-state index is 0.306. The molecule has 19 heavy (non-hydrogen) atoms. The van der Waals surface area contributed by atoms with Crippen LogP contribution in [0, 0.1) is 5.41 Å². The number of hydrogen-bond acceptors (Lipinski definition) is 5. The molecule has 0 aromatic carbocycles. The first-order valence-corrected chi connectivity index (χ1v) is 7.71. The van der Waals surface area contributed by atoms with E-state index < -0.39 is 0 Å². The van der Waals surface area contributed by atoms with Crippen LogP contribution in [0.5, 0.6) is 0 Å². The van der Waals surface area contributed by atoms with Gasteiger partial charge in [-0.05, 0) is 29.7 Å². The standard InChI is InChI=1S/C14H20N4S/c1-14(2)7-4-3-5-10(14)16-11-9-6-8-19-12(9)18-13(15)17-11/h6,8,10H,3-5,7H2,1-2H3,(H3,15,16,17,18). The van der Waals surface area contributed by atoms with Crippen LogP contribution in [0.2, 0.25) is 0 Å². The number of rotatable bonds is 2. The molecular weight excluding hydrogens is 256 g/mol. The van der Waals surface area contributed by atoms with E-state index in [1.165, 1.54) is 25.7 Å². The van der Waals surface area contributed by atoms with Crippen LogP contribution in [0.4, 0.5) is 11.8 Å². The van der Waals surface area contributed by atoms with E-state index in [2.05, 4.69) is 35.2 Å². The third-order valence-corrected chi connectivity index (χ3v) is 4.97. The number of fused-ring (bicyclic) bond motifs is 1. The zero-order valence-corrected chi connectivity index (χ0v) is 12.3. The predicted octanol–water partition coefficient (Wildman–Crippen LogP) is 3.65. The van der Waals surface area contributed by atoms with Gasteiger partial charge in [0.15, 0.2) is 0 Å². The highest BCUT2D eigenvalue weighted by atomic mass is 32.1. The van der Waals surface area contributed by atoms with E-state index in [0.717, 1.165) is 16.0 Å². The number of nitrogens with one attached hydrogen (secondary N) is 1. The van der Waals surface area contributed by atoms with Gasteiger partial charge in [-0.15, -0.1) is 11.3 Å². The smallest absolute Gasteiger partial charge is 0.223 e. The summed E-state index contributed by atoms with van der Waals surface area (Å²) in [4.78, 5) is 9.63. The summed E-state index contributed by atoms with van der Waals surface area (Å²) in [5, 5.41) is 6.74. The minimum atomic E-state index is 0.306. The Labute approximate surface area is 117 Å². The summed E-state index contributed by atoms with van der Waals surface area (Å²) in [6, 6.07) is 2.52. The lowest BCUT2D eigenvalue weighted by Gasteiger charge is -2.39. The Morgan fingerprint density at radius 2 is 2.21 bits per heavy atom. The van der Waals surface area contributed by atoms with E-state index in [9.17, 15) is 0 Å². The maximum absolute atomic E-state index is 5.80. The van der Waals surface area contributed by atoms with Gasteiger partial charge in [-0.1, -0.05) is 26.7 Å². The van der Waals surface area contributed by atoms with Crippen LogP contribution >= 0.6 is 11.3 Å². The molecule has 1 unspecified atom stereocenters. The molecule has 2 aromatic heterocycles. The summed E-state index contributed by atoms with van der Waals surface area (Å²) >= 11 is 1.61. The highest BCUT2D eigenvalue weighted by Crippen LogP contribution is 2.38. The number of nitrogens with two attached hydrogens (primary N) is 1. The minimum Gasteiger partial charge on any atom is -0.368 e. The van der Waals surface area contributed by atoms with Crippen LogP contribution in [-0.4, -0.2) is 16.0 Å². The van der Waals surface area contributed by atoms with Crippen LogP contribution in [0.25, 0.3) is 10.2 Å². The zero-order valence-electron chi connectivity index (χ0n) is 11.4. The molecule has 1 aliphatic rings. The van der Waals surface area contributed by atoms with Crippen molar-refractivity contribution in [3.8, 4) is 0 Å². The molecule has 1 saturated carbocycles. The lowest BCUT2D eigenvalue weighted by atomic mass is 9.73. The van der Waals surface area contributed by atoms with E-state index in [1.807, 2.05) is 5.38 Å². The molecule has 1 aliphatic carbocycles. The van der Waals surface area contributed by atoms with Crippen LogP contribution in [0.15, 0.2) is 11.4 Å². The van der Waals surface area contributed by atoms with Crippen LogP contribution in [0.1, 0.15) is 39.5 Å². The molecule has 2 aromatic rings. The van der Waals surface area contributed by atoms with Gasteiger partial charge >= 0.3 is 0 Å². The maximum atomic E-state index is 5.80. The van der Waals surface area contributed by atoms with Crippen molar-refractivity contribution in [1.29, 1.82) is 0 Å². The van der Waals surface area contributed by atoms with Crippen molar-refractivity contribution in [2.24, 2.45) is 5.41 Å². The Bertz CT molecular complexity index is 590. The topological polar surface area (TPSA) is 63.8 Å². The molecule has 1 atom stereocenters. The molecule has 1 fully saturated rings. The summed E-state index contributed by atoms with van der Waals surface area (Å²) in [5.74, 6) is 1.25. The van der Waals surface area contributed by atoms with Gasteiger partial charge < -0.3 is 11.1 Å². The second-order valence-electron chi connectivity index (χ2n) is 6.00. The Kier molecular flexibility index (Phi) is 3.09. The summed E-state index contributed by atoms with van der Waals surface area (Å²) < 4.78 is 0. The second kappa shape index (κ2) is 4.63. The van der Waals surface area contributed by atoms with Crippen molar-refractivity contribution in [3.05, 3.63) is 11.4 Å². The number of nitrogens with zero attached hydrogens (tertiary/aromatic N) is 2. The largest absolute Gasteiger partial charge is 0.368 e. The van der Waals surface area contributed by atoms with Gasteiger partial charge in [0.1, 0.15) is 10.6 Å². The fraction of sp³-hybridized carbons (Fsp3) is 0.571. The Morgan fingerprint density at radius 3 is 3.00 bits per heavy atom. The van der Waals surface area contributed by atoms with E-state index >= 15 is 0 Å². The van der Waals surface area contributed by atoms with Crippen molar-refractivity contribution in [2.45, 2.75) is 45.6 Å². The molecule has 0 bridgehead atoms. The van der Waals surface area contributed by atoms with Gasteiger partial charge in [0.25, 0.3) is 0 Å². The van der Waals surface area contributed by atoms with Gasteiger partial charge in [-0.3, -0.25) is 0 Å². The predicted molar refractivity (Wildman–Crippen MR) is 81.5 cm³/mol. The molecule has 3 N–H and O–H groups in total. The quantitative estimate of drug-likeness (QED) is 0.878. The third-order valence-electron chi connectivity index (χ3n) is 4.16. The van der Waals surface area contributed by atoms with E-state index in [4.69, 9.17) is 5.73 Å². The molecular formula is C14H20N4S. The molecule has 102 valence electrons. The lowest BCUT2D eigenvalue weighted by molar-refractivity contribution is 0.217. The van der Waals surface area contributed by atoms with E-state index in [0.29, 0.717) is 17.4 Å². The van der Waals surface area contributed by atoms with Gasteiger partial charge in [-0.25, -0.2) is 4.98 Å². The van der Waals surface area contributed by atoms with Crippen molar-refractivity contribution in [1.82, 2.24) is 9.97 Å². The molecule has 2 heterocycles.